The van der Waals surface area contributed by atoms with Crippen molar-refractivity contribution in [1.82, 2.24) is 20.2 Å². The molecule has 1 aromatic carbocycles. The van der Waals surface area contributed by atoms with Gasteiger partial charge in [-0.25, -0.2) is 0 Å². The van der Waals surface area contributed by atoms with Crippen LogP contribution in [0.25, 0.3) is 5.69 Å². The van der Waals surface area contributed by atoms with Crippen LogP contribution >= 0.6 is 11.8 Å². The largest absolute Gasteiger partial charge is 0.328 e. The first-order valence-corrected chi connectivity index (χ1v) is 7.47. The van der Waals surface area contributed by atoms with E-state index in [9.17, 15) is 0 Å². The van der Waals surface area contributed by atoms with Gasteiger partial charge in [0, 0.05) is 11.3 Å². The van der Waals surface area contributed by atoms with Gasteiger partial charge in [0.05, 0.1) is 5.69 Å². The summed E-state index contributed by atoms with van der Waals surface area (Å²) in [5, 5.41) is 13.5. The van der Waals surface area contributed by atoms with E-state index < -0.39 is 0 Å². The Morgan fingerprint density at radius 2 is 1.84 bits per heavy atom. The maximum Gasteiger partial charge on any atom is 0.214 e. The molecule has 1 aliphatic carbocycles. The van der Waals surface area contributed by atoms with Crippen molar-refractivity contribution in [2.75, 3.05) is 0 Å². The molecule has 6 heteroatoms. The molecule has 1 saturated carbocycles. The first kappa shape index (κ1) is 12.6. The molecular formula is C13H17N5S. The van der Waals surface area contributed by atoms with Gasteiger partial charge in [0.15, 0.2) is 0 Å². The molecule has 0 saturated heterocycles. The number of nitrogens with zero attached hydrogens (tertiary/aromatic N) is 4. The third-order valence-corrected chi connectivity index (χ3v) is 4.70. The van der Waals surface area contributed by atoms with Gasteiger partial charge in [-0.3, -0.25) is 0 Å². The summed E-state index contributed by atoms with van der Waals surface area (Å²) in [6.45, 7) is 0. The molecule has 1 heterocycles. The van der Waals surface area contributed by atoms with Crippen molar-refractivity contribution < 1.29 is 0 Å². The Kier molecular flexibility index (Phi) is 3.79. The highest BCUT2D eigenvalue weighted by molar-refractivity contribution is 7.99. The topological polar surface area (TPSA) is 69.6 Å². The summed E-state index contributed by atoms with van der Waals surface area (Å²) in [5.41, 5.74) is 6.94. The summed E-state index contributed by atoms with van der Waals surface area (Å²) >= 11 is 1.77. The molecule has 0 unspecified atom stereocenters. The standard InChI is InChI=1S/C13H17N5S/c14-10-6-8-12(9-7-10)19-13-15-16-17-18(13)11-4-2-1-3-5-11/h1-5,10,12H,6-9,14H2. The van der Waals surface area contributed by atoms with Gasteiger partial charge in [0.25, 0.3) is 0 Å². The van der Waals surface area contributed by atoms with E-state index in [1.807, 2.05) is 30.3 Å². The lowest BCUT2D eigenvalue weighted by molar-refractivity contribution is 0.450. The fraction of sp³-hybridized carbons (Fsp3) is 0.462. The van der Waals surface area contributed by atoms with Gasteiger partial charge in [0.1, 0.15) is 0 Å². The summed E-state index contributed by atoms with van der Waals surface area (Å²) in [4.78, 5) is 0. The van der Waals surface area contributed by atoms with Gasteiger partial charge < -0.3 is 5.73 Å². The summed E-state index contributed by atoms with van der Waals surface area (Å²) in [5.74, 6) is 0. The molecule has 2 N–H and O–H groups in total. The third kappa shape index (κ3) is 2.96. The second-order valence-corrected chi connectivity index (χ2v) is 6.13. The minimum absolute atomic E-state index is 0.377. The van der Waals surface area contributed by atoms with Gasteiger partial charge >= 0.3 is 0 Å². The molecule has 1 aromatic heterocycles. The smallest absolute Gasteiger partial charge is 0.214 e. The number of para-hydroxylation sites is 1. The molecule has 0 amide bonds. The molecular weight excluding hydrogens is 258 g/mol. The molecule has 1 fully saturated rings. The zero-order chi connectivity index (χ0) is 13.1. The number of benzene rings is 1. The quantitative estimate of drug-likeness (QED) is 0.928. The zero-order valence-corrected chi connectivity index (χ0v) is 11.5. The van der Waals surface area contributed by atoms with Crippen molar-refractivity contribution in [1.29, 1.82) is 0 Å². The summed E-state index contributed by atoms with van der Waals surface area (Å²) in [6.07, 6.45) is 4.50. The molecule has 19 heavy (non-hydrogen) atoms. The Hall–Kier alpha value is -1.40. The Morgan fingerprint density at radius 1 is 1.11 bits per heavy atom. The predicted octanol–water partition coefficient (Wildman–Crippen LogP) is 2.02. The SMILES string of the molecule is NC1CCC(Sc2nnnn2-c2ccccc2)CC1. The van der Waals surface area contributed by atoms with Crippen LogP contribution in [0.3, 0.4) is 0 Å². The molecule has 1 aliphatic rings. The zero-order valence-electron chi connectivity index (χ0n) is 10.6. The average Bonchev–Trinajstić information content (AvgIpc) is 2.90. The number of aromatic nitrogens is 4. The average molecular weight is 275 g/mol. The van der Waals surface area contributed by atoms with Gasteiger partial charge in [-0.05, 0) is 48.2 Å². The van der Waals surface area contributed by atoms with Crippen LogP contribution in [-0.4, -0.2) is 31.5 Å². The van der Waals surface area contributed by atoms with Crippen molar-refractivity contribution in [3.63, 3.8) is 0 Å². The molecule has 0 aliphatic heterocycles. The highest BCUT2D eigenvalue weighted by atomic mass is 32.2. The van der Waals surface area contributed by atoms with Crippen molar-refractivity contribution in [3.8, 4) is 5.69 Å². The van der Waals surface area contributed by atoms with Crippen molar-refractivity contribution in [3.05, 3.63) is 30.3 Å². The second-order valence-electron chi connectivity index (χ2n) is 4.86. The molecule has 0 atom stereocenters. The van der Waals surface area contributed by atoms with Crippen LogP contribution in [0.1, 0.15) is 25.7 Å². The lowest BCUT2D eigenvalue weighted by Gasteiger charge is -2.24. The molecule has 100 valence electrons. The number of rotatable bonds is 3. The van der Waals surface area contributed by atoms with Crippen molar-refractivity contribution in [2.24, 2.45) is 5.73 Å². The van der Waals surface area contributed by atoms with Crippen LogP contribution in [0.15, 0.2) is 35.5 Å². The van der Waals surface area contributed by atoms with Crippen LogP contribution in [0, 0.1) is 0 Å². The van der Waals surface area contributed by atoms with E-state index in [1.54, 1.807) is 16.4 Å². The first-order valence-electron chi connectivity index (χ1n) is 6.59. The van der Waals surface area contributed by atoms with E-state index in [-0.39, 0.29) is 0 Å². The number of hydrogen-bond acceptors (Lipinski definition) is 5. The molecule has 0 spiro atoms. The maximum atomic E-state index is 5.94. The van der Waals surface area contributed by atoms with Crippen LogP contribution < -0.4 is 5.73 Å². The van der Waals surface area contributed by atoms with Crippen LogP contribution in [-0.2, 0) is 0 Å². The fourth-order valence-electron chi connectivity index (χ4n) is 2.34. The predicted molar refractivity (Wildman–Crippen MR) is 75.2 cm³/mol. The van der Waals surface area contributed by atoms with E-state index in [4.69, 9.17) is 5.73 Å². The highest BCUT2D eigenvalue weighted by Crippen LogP contribution is 2.32. The number of thioether (sulfide) groups is 1. The van der Waals surface area contributed by atoms with Crippen LogP contribution in [0.4, 0.5) is 0 Å². The Balaban J connectivity index is 1.74. The minimum atomic E-state index is 0.377. The van der Waals surface area contributed by atoms with Gasteiger partial charge in [-0.1, -0.05) is 30.0 Å². The number of nitrogens with two attached hydrogens (primary N) is 1. The molecule has 3 rings (SSSR count). The number of hydrogen-bond donors (Lipinski definition) is 1. The van der Waals surface area contributed by atoms with Gasteiger partial charge in [-0.2, -0.15) is 4.68 Å². The maximum absolute atomic E-state index is 5.94. The lowest BCUT2D eigenvalue weighted by atomic mass is 9.96. The number of tetrazole rings is 1. The van der Waals surface area contributed by atoms with Gasteiger partial charge in [0.2, 0.25) is 5.16 Å². The first-order chi connectivity index (χ1) is 9.33. The molecule has 2 aromatic rings. The molecule has 5 nitrogen and oxygen atoms in total. The van der Waals surface area contributed by atoms with Crippen molar-refractivity contribution in [2.45, 2.75) is 42.1 Å². The highest BCUT2D eigenvalue weighted by Gasteiger charge is 2.22. The third-order valence-electron chi connectivity index (χ3n) is 3.43. The second kappa shape index (κ2) is 5.71. The van der Waals surface area contributed by atoms with Crippen molar-refractivity contribution >= 4 is 11.8 Å². The summed E-state index contributed by atoms with van der Waals surface area (Å²) in [6, 6.07) is 10.4. The van der Waals surface area contributed by atoms with E-state index in [0.29, 0.717) is 11.3 Å². The Bertz CT molecular complexity index is 519. The molecule has 0 bridgehead atoms. The summed E-state index contributed by atoms with van der Waals surface area (Å²) in [7, 11) is 0. The molecule has 0 radical (unpaired) electrons. The van der Waals surface area contributed by atoms with E-state index >= 15 is 0 Å². The van der Waals surface area contributed by atoms with Gasteiger partial charge in [-0.15, -0.1) is 5.10 Å². The summed E-state index contributed by atoms with van der Waals surface area (Å²) < 4.78 is 1.80. The minimum Gasteiger partial charge on any atom is -0.328 e. The van der Waals surface area contributed by atoms with E-state index in [2.05, 4.69) is 15.5 Å². The van der Waals surface area contributed by atoms with Crippen LogP contribution in [0.5, 0.6) is 0 Å². The van der Waals surface area contributed by atoms with E-state index in [0.717, 1.165) is 36.5 Å². The Morgan fingerprint density at radius 3 is 2.58 bits per heavy atom. The lowest BCUT2D eigenvalue weighted by Crippen LogP contribution is -2.27. The normalized spacial score (nSPS) is 23.4. The van der Waals surface area contributed by atoms with E-state index in [1.165, 1.54) is 0 Å². The monoisotopic (exact) mass is 275 g/mol. The fourth-order valence-corrected chi connectivity index (χ4v) is 3.47. The van der Waals surface area contributed by atoms with Crippen LogP contribution in [0.2, 0.25) is 0 Å². The Labute approximate surface area is 116 Å².